The van der Waals surface area contributed by atoms with Crippen LogP contribution in [0.3, 0.4) is 0 Å². The van der Waals surface area contributed by atoms with E-state index in [2.05, 4.69) is 28.2 Å². The van der Waals surface area contributed by atoms with E-state index in [1.807, 2.05) is 6.07 Å². The summed E-state index contributed by atoms with van der Waals surface area (Å²) in [5, 5.41) is 25.0. The zero-order valence-electron chi connectivity index (χ0n) is 12.6. The molecule has 0 saturated heterocycles. The molecule has 1 fully saturated rings. The molecule has 1 saturated carbocycles. The molecule has 2 heterocycles. The SMILES string of the molecule is O=[N+]([O-])c1cnn(C[C@H](O)CN2CC3(CC3)c3ccccc32)c1. The molecule has 1 atom stereocenters. The van der Waals surface area contributed by atoms with Gasteiger partial charge in [-0.2, -0.15) is 5.10 Å². The van der Waals surface area contributed by atoms with Crippen LogP contribution in [0.15, 0.2) is 36.7 Å². The zero-order chi connectivity index (χ0) is 16.0. The van der Waals surface area contributed by atoms with Crippen molar-refractivity contribution in [3.8, 4) is 0 Å². The molecular weight excluding hydrogens is 296 g/mol. The van der Waals surface area contributed by atoms with Gasteiger partial charge in [0, 0.05) is 24.2 Å². The summed E-state index contributed by atoms with van der Waals surface area (Å²) in [6, 6.07) is 8.39. The normalized spacial score (nSPS) is 18.9. The summed E-state index contributed by atoms with van der Waals surface area (Å²) < 4.78 is 1.43. The summed E-state index contributed by atoms with van der Waals surface area (Å²) in [5.74, 6) is 0. The van der Waals surface area contributed by atoms with E-state index >= 15 is 0 Å². The first kappa shape index (κ1) is 14.2. The lowest BCUT2D eigenvalue weighted by Crippen LogP contribution is -2.35. The average molecular weight is 314 g/mol. The highest BCUT2D eigenvalue weighted by atomic mass is 16.6. The van der Waals surface area contributed by atoms with Gasteiger partial charge in [0.05, 0.1) is 17.6 Å². The molecule has 1 aromatic heterocycles. The van der Waals surface area contributed by atoms with Crippen molar-refractivity contribution < 1.29 is 10.0 Å². The molecule has 1 aliphatic heterocycles. The van der Waals surface area contributed by atoms with Gasteiger partial charge >= 0.3 is 5.69 Å². The van der Waals surface area contributed by atoms with Crippen LogP contribution >= 0.6 is 0 Å². The highest BCUT2D eigenvalue weighted by molar-refractivity contribution is 5.64. The second-order valence-corrected chi connectivity index (χ2v) is 6.51. The number of rotatable bonds is 5. The van der Waals surface area contributed by atoms with Crippen molar-refractivity contribution in [1.82, 2.24) is 9.78 Å². The van der Waals surface area contributed by atoms with Crippen LogP contribution in [0.2, 0.25) is 0 Å². The number of nitro groups is 1. The van der Waals surface area contributed by atoms with E-state index in [1.165, 1.54) is 41.2 Å². The standard InChI is InChI=1S/C16H18N4O3/c21-13(10-19-8-12(7-17-19)20(22)23)9-18-11-16(5-6-16)14-3-1-2-4-15(14)18/h1-4,7-8,13,21H,5-6,9-11H2/t13-/m1/s1. The zero-order valence-corrected chi connectivity index (χ0v) is 12.6. The highest BCUT2D eigenvalue weighted by Gasteiger charge is 2.51. The summed E-state index contributed by atoms with van der Waals surface area (Å²) in [6.45, 7) is 1.70. The molecule has 1 aliphatic carbocycles. The molecule has 4 rings (SSSR count). The number of hydrogen-bond donors (Lipinski definition) is 1. The maximum absolute atomic E-state index is 10.7. The molecule has 120 valence electrons. The van der Waals surface area contributed by atoms with Gasteiger partial charge in [-0.25, -0.2) is 0 Å². The Hall–Kier alpha value is -2.41. The van der Waals surface area contributed by atoms with Crippen LogP contribution in [0.1, 0.15) is 18.4 Å². The summed E-state index contributed by atoms with van der Waals surface area (Å²) in [4.78, 5) is 12.4. The number of fused-ring (bicyclic) bond motifs is 2. The van der Waals surface area contributed by atoms with Crippen molar-refractivity contribution in [3.05, 3.63) is 52.3 Å². The van der Waals surface area contributed by atoms with E-state index in [9.17, 15) is 15.2 Å². The maximum Gasteiger partial charge on any atom is 0.306 e. The number of aliphatic hydroxyl groups is 1. The van der Waals surface area contributed by atoms with Crippen LogP contribution in [-0.4, -0.2) is 39.0 Å². The molecule has 1 N–H and O–H groups in total. The summed E-state index contributed by atoms with van der Waals surface area (Å²) >= 11 is 0. The van der Waals surface area contributed by atoms with Crippen LogP contribution in [0.25, 0.3) is 0 Å². The molecule has 7 heteroatoms. The predicted molar refractivity (Wildman–Crippen MR) is 84.5 cm³/mol. The number of anilines is 1. The monoisotopic (exact) mass is 314 g/mol. The Labute approximate surface area is 133 Å². The summed E-state index contributed by atoms with van der Waals surface area (Å²) in [5.41, 5.74) is 2.83. The van der Waals surface area contributed by atoms with Gasteiger partial charge in [0.25, 0.3) is 0 Å². The first-order valence-electron chi connectivity index (χ1n) is 7.77. The molecule has 2 aromatic rings. The molecule has 23 heavy (non-hydrogen) atoms. The van der Waals surface area contributed by atoms with Crippen LogP contribution in [0.4, 0.5) is 11.4 Å². The summed E-state index contributed by atoms with van der Waals surface area (Å²) in [7, 11) is 0. The smallest absolute Gasteiger partial charge is 0.306 e. The molecule has 2 aliphatic rings. The third kappa shape index (κ3) is 2.46. The number of aromatic nitrogens is 2. The van der Waals surface area contributed by atoms with Crippen LogP contribution in [0, 0.1) is 10.1 Å². The molecule has 0 amide bonds. The van der Waals surface area contributed by atoms with Crippen LogP contribution < -0.4 is 4.90 Å². The number of hydrogen-bond acceptors (Lipinski definition) is 5. The first-order valence-corrected chi connectivity index (χ1v) is 7.77. The lowest BCUT2D eigenvalue weighted by Gasteiger charge is -2.23. The average Bonchev–Trinajstić information content (AvgIpc) is 3.03. The van der Waals surface area contributed by atoms with E-state index in [0.717, 1.165) is 6.54 Å². The fourth-order valence-corrected chi connectivity index (χ4v) is 3.55. The molecular formula is C16H18N4O3. The van der Waals surface area contributed by atoms with E-state index in [-0.39, 0.29) is 12.2 Å². The Morgan fingerprint density at radius 2 is 2.13 bits per heavy atom. The lowest BCUT2D eigenvalue weighted by molar-refractivity contribution is -0.385. The molecule has 0 unspecified atom stereocenters. The Bertz CT molecular complexity index is 753. The Balaban J connectivity index is 1.45. The summed E-state index contributed by atoms with van der Waals surface area (Å²) in [6.07, 6.45) is 4.35. The van der Waals surface area contributed by atoms with E-state index in [0.29, 0.717) is 12.0 Å². The molecule has 0 bridgehead atoms. The molecule has 7 nitrogen and oxygen atoms in total. The lowest BCUT2D eigenvalue weighted by atomic mass is 9.99. The molecule has 1 aromatic carbocycles. The quantitative estimate of drug-likeness (QED) is 0.671. The fourth-order valence-electron chi connectivity index (χ4n) is 3.55. The third-order valence-corrected chi connectivity index (χ3v) is 4.82. The van der Waals surface area contributed by atoms with Crippen molar-refractivity contribution in [2.45, 2.75) is 30.9 Å². The van der Waals surface area contributed by atoms with Gasteiger partial charge in [0.2, 0.25) is 0 Å². The second kappa shape index (κ2) is 5.06. The van der Waals surface area contributed by atoms with E-state index in [4.69, 9.17) is 0 Å². The number of para-hydroxylation sites is 1. The van der Waals surface area contributed by atoms with Gasteiger partial charge in [-0.15, -0.1) is 0 Å². The maximum atomic E-state index is 10.7. The second-order valence-electron chi connectivity index (χ2n) is 6.51. The number of nitrogens with zero attached hydrogens (tertiary/aromatic N) is 4. The third-order valence-electron chi connectivity index (χ3n) is 4.82. The van der Waals surface area contributed by atoms with Crippen LogP contribution in [-0.2, 0) is 12.0 Å². The van der Waals surface area contributed by atoms with Crippen molar-refractivity contribution in [2.75, 3.05) is 18.0 Å². The van der Waals surface area contributed by atoms with Gasteiger partial charge in [0.15, 0.2) is 0 Å². The number of benzene rings is 1. The minimum absolute atomic E-state index is 0.0550. The largest absolute Gasteiger partial charge is 0.389 e. The fraction of sp³-hybridized carbons (Fsp3) is 0.438. The van der Waals surface area contributed by atoms with Gasteiger partial charge in [-0.05, 0) is 24.5 Å². The Morgan fingerprint density at radius 3 is 2.83 bits per heavy atom. The Kier molecular flexibility index (Phi) is 3.12. The minimum Gasteiger partial charge on any atom is -0.389 e. The van der Waals surface area contributed by atoms with Gasteiger partial charge in [-0.3, -0.25) is 14.8 Å². The topological polar surface area (TPSA) is 84.4 Å². The van der Waals surface area contributed by atoms with Crippen molar-refractivity contribution in [1.29, 1.82) is 0 Å². The first-order chi connectivity index (χ1) is 11.1. The predicted octanol–water partition coefficient (Wildman–Crippen LogP) is 1.70. The van der Waals surface area contributed by atoms with E-state index in [1.54, 1.807) is 0 Å². The number of aliphatic hydroxyl groups excluding tert-OH is 1. The van der Waals surface area contributed by atoms with Crippen molar-refractivity contribution in [3.63, 3.8) is 0 Å². The van der Waals surface area contributed by atoms with Gasteiger partial charge < -0.3 is 10.0 Å². The van der Waals surface area contributed by atoms with Crippen LogP contribution in [0.5, 0.6) is 0 Å². The van der Waals surface area contributed by atoms with E-state index < -0.39 is 11.0 Å². The molecule has 1 spiro atoms. The van der Waals surface area contributed by atoms with Gasteiger partial charge in [-0.1, -0.05) is 18.2 Å². The number of β-amino-alcohol motifs (C(OH)–C–C–N with tert-alkyl or cyclic N) is 1. The highest BCUT2D eigenvalue weighted by Crippen LogP contribution is 2.56. The van der Waals surface area contributed by atoms with Crippen molar-refractivity contribution in [2.24, 2.45) is 0 Å². The van der Waals surface area contributed by atoms with Gasteiger partial charge in [0.1, 0.15) is 12.4 Å². The minimum atomic E-state index is -0.628. The Morgan fingerprint density at radius 1 is 1.35 bits per heavy atom. The molecule has 0 radical (unpaired) electrons. The van der Waals surface area contributed by atoms with Crippen molar-refractivity contribution >= 4 is 11.4 Å².